The van der Waals surface area contributed by atoms with Gasteiger partial charge in [0.2, 0.25) is 0 Å². The highest BCUT2D eigenvalue weighted by Gasteiger charge is 2.64. The third-order valence-electron chi connectivity index (χ3n) is 4.89. The van der Waals surface area contributed by atoms with Crippen LogP contribution in [0.5, 0.6) is 0 Å². The van der Waals surface area contributed by atoms with Crippen LogP contribution in [0.15, 0.2) is 0 Å². The van der Waals surface area contributed by atoms with Gasteiger partial charge in [-0.15, -0.1) is 0 Å². The fraction of sp³-hybridized carbons (Fsp3) is 0.941. The smallest absolute Gasteiger partial charge is 0.313 e. The normalized spacial score (nSPS) is 15.7. The molecule has 0 spiro atoms. The largest absolute Gasteiger partial charge is 0.481 e. The van der Waals surface area contributed by atoms with Crippen LogP contribution in [-0.2, 0) is 4.79 Å². The van der Waals surface area contributed by atoms with Crippen LogP contribution in [0.2, 0.25) is 0 Å². The number of carboxylic acid groups (broad SMARTS) is 1. The van der Waals surface area contributed by atoms with E-state index in [-0.39, 0.29) is 5.92 Å². The number of hydrogen-bond acceptors (Lipinski definition) is 4. The molecule has 0 bridgehead atoms. The summed E-state index contributed by atoms with van der Waals surface area (Å²) in [6, 6.07) is 0. The van der Waals surface area contributed by atoms with Crippen molar-refractivity contribution in [2.24, 2.45) is 28.5 Å². The van der Waals surface area contributed by atoms with Crippen molar-refractivity contribution >= 4 is 5.97 Å². The maximum absolute atomic E-state index is 12.4. The molecule has 1 atom stereocenters. The predicted molar refractivity (Wildman–Crippen MR) is 92.5 cm³/mol. The first-order chi connectivity index (χ1) is 9.64. The lowest BCUT2D eigenvalue weighted by Crippen LogP contribution is -2.75. The number of carboxylic acids is 1. The van der Waals surface area contributed by atoms with Crippen LogP contribution < -0.4 is 17.2 Å². The van der Waals surface area contributed by atoms with Gasteiger partial charge in [-0.25, -0.2) is 0 Å². The topological polar surface area (TPSA) is 115 Å². The number of nitrogens with two attached hydrogens (primary N) is 3. The van der Waals surface area contributed by atoms with Crippen molar-refractivity contribution in [1.82, 2.24) is 0 Å². The molecule has 7 N–H and O–H groups in total. The van der Waals surface area contributed by atoms with Crippen LogP contribution in [0.1, 0.15) is 74.1 Å². The summed E-state index contributed by atoms with van der Waals surface area (Å²) in [6.07, 6.45) is 3.72. The molecule has 0 aromatic carbocycles. The van der Waals surface area contributed by atoms with E-state index < -0.39 is 28.0 Å². The van der Waals surface area contributed by atoms with Gasteiger partial charge in [0.05, 0.1) is 0 Å². The monoisotopic (exact) mass is 315 g/mol. The molecule has 0 saturated carbocycles. The number of unbranched alkanes of at least 4 members (excludes halogenated alkanes) is 2. The van der Waals surface area contributed by atoms with Gasteiger partial charge < -0.3 is 22.3 Å². The zero-order valence-corrected chi connectivity index (χ0v) is 15.5. The number of carbonyl (C=O) groups is 1. The Labute approximate surface area is 136 Å². The van der Waals surface area contributed by atoms with Gasteiger partial charge in [-0.3, -0.25) is 4.79 Å². The number of rotatable bonds is 9. The maximum Gasteiger partial charge on any atom is 0.313 e. The molecule has 0 aromatic heterocycles. The van der Waals surface area contributed by atoms with Crippen molar-refractivity contribution in [1.29, 1.82) is 0 Å². The molecule has 5 nitrogen and oxygen atoms in total. The van der Waals surface area contributed by atoms with Gasteiger partial charge in [0.25, 0.3) is 0 Å². The Kier molecular flexibility index (Phi) is 6.65. The number of hydrogen-bond donors (Lipinski definition) is 4. The minimum Gasteiger partial charge on any atom is -0.481 e. The van der Waals surface area contributed by atoms with E-state index in [1.807, 2.05) is 13.8 Å². The Hall–Kier alpha value is -0.650. The molecule has 22 heavy (non-hydrogen) atoms. The van der Waals surface area contributed by atoms with E-state index >= 15 is 0 Å². The first-order valence-electron chi connectivity index (χ1n) is 8.24. The van der Waals surface area contributed by atoms with Crippen LogP contribution in [-0.4, -0.2) is 27.7 Å². The van der Waals surface area contributed by atoms with E-state index in [0.717, 1.165) is 19.3 Å². The Bertz CT molecular complexity index is 359. The molecule has 0 amide bonds. The molecular weight excluding hydrogens is 278 g/mol. The van der Waals surface area contributed by atoms with Crippen LogP contribution in [0.4, 0.5) is 0 Å². The predicted octanol–water partition coefficient (Wildman–Crippen LogP) is 2.47. The molecule has 0 radical (unpaired) electrons. The van der Waals surface area contributed by atoms with E-state index in [1.54, 1.807) is 27.7 Å². The molecule has 132 valence electrons. The lowest BCUT2D eigenvalue weighted by molar-refractivity contribution is -0.168. The van der Waals surface area contributed by atoms with Gasteiger partial charge in [0.15, 0.2) is 0 Å². The first-order valence-corrected chi connectivity index (χ1v) is 8.24. The van der Waals surface area contributed by atoms with Gasteiger partial charge >= 0.3 is 5.97 Å². The van der Waals surface area contributed by atoms with Crippen molar-refractivity contribution in [3.8, 4) is 0 Å². The summed E-state index contributed by atoms with van der Waals surface area (Å²) >= 11 is 0. The second kappa shape index (κ2) is 6.85. The molecule has 5 heteroatoms. The van der Waals surface area contributed by atoms with Crippen molar-refractivity contribution in [2.75, 3.05) is 0 Å². The van der Waals surface area contributed by atoms with Crippen molar-refractivity contribution in [2.45, 2.75) is 90.8 Å². The maximum atomic E-state index is 12.4. The van der Waals surface area contributed by atoms with Crippen LogP contribution in [0.3, 0.4) is 0 Å². The summed E-state index contributed by atoms with van der Waals surface area (Å²) < 4.78 is 0. The highest BCUT2D eigenvalue weighted by atomic mass is 16.4. The summed E-state index contributed by atoms with van der Waals surface area (Å²) in [5.74, 6) is -1.29. The van der Waals surface area contributed by atoms with E-state index in [0.29, 0.717) is 6.42 Å². The average Bonchev–Trinajstić information content (AvgIpc) is 2.22. The standard InChI is InChI=1S/C17H37N3O2/c1-8-9-10-11-12(14(2,3)18)17(13(21)22,15(4,5)19)16(6,7)20/h12H,8-11,18-20H2,1-7H3,(H,21,22). The fourth-order valence-corrected chi connectivity index (χ4v) is 4.17. The SMILES string of the molecule is CCCCCC(C(C)(C)N)C(C(=O)O)(C(C)(C)N)C(C)(C)N. The highest BCUT2D eigenvalue weighted by Crippen LogP contribution is 2.51. The minimum atomic E-state index is -1.33. The van der Waals surface area contributed by atoms with Gasteiger partial charge in [0.1, 0.15) is 5.41 Å². The van der Waals surface area contributed by atoms with E-state index in [2.05, 4.69) is 6.92 Å². The lowest BCUT2D eigenvalue weighted by Gasteiger charge is -2.57. The molecule has 0 aromatic rings. The molecule has 0 aliphatic rings. The van der Waals surface area contributed by atoms with Crippen LogP contribution >= 0.6 is 0 Å². The Morgan fingerprint density at radius 3 is 1.59 bits per heavy atom. The minimum absolute atomic E-state index is 0.330. The fourth-order valence-electron chi connectivity index (χ4n) is 4.17. The zero-order chi connectivity index (χ0) is 18.0. The molecule has 0 saturated heterocycles. The van der Waals surface area contributed by atoms with Gasteiger partial charge in [0, 0.05) is 16.6 Å². The summed E-state index contributed by atoms with van der Waals surface area (Å²) in [5.41, 5.74) is 15.1. The van der Waals surface area contributed by atoms with Crippen molar-refractivity contribution < 1.29 is 9.90 Å². The van der Waals surface area contributed by atoms with E-state index in [1.165, 1.54) is 0 Å². The average molecular weight is 316 g/mol. The van der Waals surface area contributed by atoms with Gasteiger partial charge in [-0.2, -0.15) is 0 Å². The van der Waals surface area contributed by atoms with Crippen molar-refractivity contribution in [3.05, 3.63) is 0 Å². The Balaban J connectivity index is 6.25. The molecule has 0 heterocycles. The molecule has 0 rings (SSSR count). The Morgan fingerprint density at radius 2 is 1.36 bits per heavy atom. The van der Waals surface area contributed by atoms with Crippen molar-refractivity contribution in [3.63, 3.8) is 0 Å². The molecular formula is C17H37N3O2. The second-order valence-corrected chi connectivity index (χ2v) is 8.43. The molecule has 0 fully saturated rings. The summed E-state index contributed by atoms with van der Waals surface area (Å²) in [5, 5.41) is 10.2. The third kappa shape index (κ3) is 4.00. The Morgan fingerprint density at radius 1 is 0.955 bits per heavy atom. The molecule has 0 aliphatic carbocycles. The second-order valence-electron chi connectivity index (χ2n) is 8.43. The van der Waals surface area contributed by atoms with Crippen LogP contribution in [0.25, 0.3) is 0 Å². The van der Waals surface area contributed by atoms with Crippen LogP contribution in [0, 0.1) is 11.3 Å². The molecule has 0 aliphatic heterocycles. The first kappa shape index (κ1) is 21.4. The lowest BCUT2D eigenvalue weighted by atomic mass is 9.50. The molecule has 1 unspecified atom stereocenters. The summed E-state index contributed by atoms with van der Waals surface area (Å²) in [7, 11) is 0. The summed E-state index contributed by atoms with van der Waals surface area (Å²) in [6.45, 7) is 12.8. The van der Waals surface area contributed by atoms with Gasteiger partial charge in [-0.1, -0.05) is 26.2 Å². The third-order valence-corrected chi connectivity index (χ3v) is 4.89. The zero-order valence-electron chi connectivity index (χ0n) is 15.5. The van der Waals surface area contributed by atoms with E-state index in [4.69, 9.17) is 17.2 Å². The quantitative estimate of drug-likeness (QED) is 0.488. The van der Waals surface area contributed by atoms with E-state index in [9.17, 15) is 9.90 Å². The summed E-state index contributed by atoms with van der Waals surface area (Å²) in [4.78, 5) is 12.4. The number of aliphatic carboxylic acids is 1. The highest BCUT2D eigenvalue weighted by molar-refractivity contribution is 5.79. The van der Waals surface area contributed by atoms with Gasteiger partial charge in [-0.05, 0) is 53.9 Å².